The van der Waals surface area contributed by atoms with Crippen molar-refractivity contribution in [3.63, 3.8) is 0 Å². The number of ether oxygens (including phenoxy) is 1. The van der Waals surface area contributed by atoms with Crippen LogP contribution in [-0.4, -0.2) is 55.5 Å². The third-order valence-electron chi connectivity index (χ3n) is 3.12. The Labute approximate surface area is 128 Å². The molecule has 0 aliphatic heterocycles. The van der Waals surface area contributed by atoms with Crippen molar-refractivity contribution in [2.45, 2.75) is 13.8 Å². The minimum Gasteiger partial charge on any atom is -0.492 e. The van der Waals surface area contributed by atoms with E-state index in [1.54, 1.807) is 4.90 Å². The Morgan fingerprint density at radius 3 is 2.30 bits per heavy atom. The van der Waals surface area contributed by atoms with Crippen LogP contribution in [0.25, 0.3) is 0 Å². The molecule has 0 N–H and O–H groups in total. The van der Waals surface area contributed by atoms with Gasteiger partial charge in [-0.25, -0.2) is 0 Å². The molecule has 0 fully saturated rings. The Balaban J connectivity index is 0.00000361. The number of halogens is 1. The number of carbonyl (C=O) groups excluding carboxylic acids is 1. The molecule has 1 rings (SSSR count). The number of amides is 1. The van der Waals surface area contributed by atoms with E-state index in [2.05, 4.69) is 18.7 Å². The second kappa shape index (κ2) is 10.5. The number of rotatable bonds is 8. The van der Waals surface area contributed by atoms with Gasteiger partial charge in [-0.15, -0.1) is 12.4 Å². The quantitative estimate of drug-likeness (QED) is 0.738. The number of hydrogen-bond donors (Lipinski definition) is 0. The number of nitrogens with zero attached hydrogens (tertiary/aromatic N) is 2. The van der Waals surface area contributed by atoms with Crippen LogP contribution in [0.1, 0.15) is 13.8 Å². The van der Waals surface area contributed by atoms with Gasteiger partial charge >= 0.3 is 0 Å². The Morgan fingerprint density at radius 1 is 1.15 bits per heavy atom. The number of hydrogen-bond acceptors (Lipinski definition) is 3. The van der Waals surface area contributed by atoms with Crippen molar-refractivity contribution in [3.8, 4) is 5.75 Å². The summed E-state index contributed by atoms with van der Waals surface area (Å²) >= 11 is 0. The summed E-state index contributed by atoms with van der Waals surface area (Å²) in [6, 6.07) is 9.65. The standard InChI is InChI=1S/C15H24N2O2.ClH/c1-4-17(5-2)13-15(18)16(3)11-12-19-14-9-7-6-8-10-14;/h6-10H,4-5,11-13H2,1-3H3;1H. The molecule has 0 bridgehead atoms. The van der Waals surface area contributed by atoms with Crippen molar-refractivity contribution in [2.24, 2.45) is 0 Å². The first-order valence-electron chi connectivity index (χ1n) is 6.81. The van der Waals surface area contributed by atoms with Gasteiger partial charge in [-0.3, -0.25) is 9.69 Å². The lowest BCUT2D eigenvalue weighted by molar-refractivity contribution is -0.131. The third kappa shape index (κ3) is 6.78. The maximum Gasteiger partial charge on any atom is 0.236 e. The van der Waals surface area contributed by atoms with Gasteiger partial charge in [0, 0.05) is 7.05 Å². The fourth-order valence-electron chi connectivity index (χ4n) is 1.70. The van der Waals surface area contributed by atoms with Crippen LogP contribution in [0.3, 0.4) is 0 Å². The number of likely N-dealkylation sites (N-methyl/N-ethyl adjacent to an activating group) is 2. The van der Waals surface area contributed by atoms with E-state index in [0.29, 0.717) is 19.7 Å². The highest BCUT2D eigenvalue weighted by Crippen LogP contribution is 2.07. The highest BCUT2D eigenvalue weighted by atomic mass is 35.5. The van der Waals surface area contributed by atoms with Crippen LogP contribution in [0.4, 0.5) is 0 Å². The van der Waals surface area contributed by atoms with E-state index in [0.717, 1.165) is 18.8 Å². The van der Waals surface area contributed by atoms with Crippen molar-refractivity contribution >= 4 is 18.3 Å². The van der Waals surface area contributed by atoms with Gasteiger partial charge < -0.3 is 9.64 Å². The zero-order valence-corrected chi connectivity index (χ0v) is 13.4. The highest BCUT2D eigenvalue weighted by Gasteiger charge is 2.11. The molecule has 1 aromatic carbocycles. The van der Waals surface area contributed by atoms with Crippen LogP contribution in [0.15, 0.2) is 30.3 Å². The monoisotopic (exact) mass is 300 g/mol. The van der Waals surface area contributed by atoms with E-state index in [-0.39, 0.29) is 18.3 Å². The zero-order valence-electron chi connectivity index (χ0n) is 12.5. The van der Waals surface area contributed by atoms with Crippen LogP contribution < -0.4 is 4.74 Å². The molecule has 0 saturated heterocycles. The highest BCUT2D eigenvalue weighted by molar-refractivity contribution is 5.85. The summed E-state index contributed by atoms with van der Waals surface area (Å²) in [6.07, 6.45) is 0. The Hall–Kier alpha value is -1.26. The van der Waals surface area contributed by atoms with Gasteiger partial charge in [0.05, 0.1) is 13.1 Å². The second-order valence-electron chi connectivity index (χ2n) is 4.44. The van der Waals surface area contributed by atoms with Crippen molar-refractivity contribution in [3.05, 3.63) is 30.3 Å². The molecule has 0 aliphatic carbocycles. The van der Waals surface area contributed by atoms with Crippen molar-refractivity contribution in [2.75, 3.05) is 39.8 Å². The van der Waals surface area contributed by atoms with Gasteiger partial charge in [-0.2, -0.15) is 0 Å². The van der Waals surface area contributed by atoms with Gasteiger partial charge in [0.15, 0.2) is 0 Å². The summed E-state index contributed by atoms with van der Waals surface area (Å²) in [6.45, 7) is 7.53. The molecule has 20 heavy (non-hydrogen) atoms. The molecule has 1 amide bonds. The first kappa shape index (κ1) is 18.7. The molecule has 0 aliphatic rings. The fourth-order valence-corrected chi connectivity index (χ4v) is 1.70. The van der Waals surface area contributed by atoms with Gasteiger partial charge in [0.2, 0.25) is 5.91 Å². The van der Waals surface area contributed by atoms with Crippen LogP contribution in [-0.2, 0) is 4.79 Å². The molecule has 0 radical (unpaired) electrons. The maximum atomic E-state index is 11.9. The molecule has 0 spiro atoms. The van der Waals surface area contributed by atoms with E-state index in [1.807, 2.05) is 37.4 Å². The SMILES string of the molecule is CCN(CC)CC(=O)N(C)CCOc1ccccc1.Cl. The predicted molar refractivity (Wildman–Crippen MR) is 84.6 cm³/mol. The molecule has 5 heteroatoms. The van der Waals surface area contributed by atoms with E-state index in [4.69, 9.17) is 4.74 Å². The van der Waals surface area contributed by atoms with Crippen LogP contribution in [0, 0.1) is 0 Å². The molecule has 0 heterocycles. The average Bonchev–Trinajstić information content (AvgIpc) is 2.45. The summed E-state index contributed by atoms with van der Waals surface area (Å²) in [5, 5.41) is 0. The minimum atomic E-state index is 0. The molecule has 1 aromatic rings. The van der Waals surface area contributed by atoms with E-state index in [1.165, 1.54) is 0 Å². The maximum absolute atomic E-state index is 11.9. The summed E-state index contributed by atoms with van der Waals surface area (Å²) in [5.74, 6) is 0.979. The molecule has 0 saturated carbocycles. The lowest BCUT2D eigenvalue weighted by Gasteiger charge is -2.22. The minimum absolute atomic E-state index is 0. The smallest absolute Gasteiger partial charge is 0.236 e. The van der Waals surface area contributed by atoms with Gasteiger partial charge in [0.1, 0.15) is 12.4 Å². The molecular weight excluding hydrogens is 276 g/mol. The van der Waals surface area contributed by atoms with Crippen molar-refractivity contribution in [1.82, 2.24) is 9.80 Å². The number of benzene rings is 1. The largest absolute Gasteiger partial charge is 0.492 e. The van der Waals surface area contributed by atoms with E-state index < -0.39 is 0 Å². The van der Waals surface area contributed by atoms with Gasteiger partial charge in [0.25, 0.3) is 0 Å². The number of para-hydroxylation sites is 1. The van der Waals surface area contributed by atoms with Gasteiger partial charge in [-0.05, 0) is 25.2 Å². The third-order valence-corrected chi connectivity index (χ3v) is 3.12. The van der Waals surface area contributed by atoms with Crippen molar-refractivity contribution in [1.29, 1.82) is 0 Å². The summed E-state index contributed by atoms with van der Waals surface area (Å²) in [7, 11) is 1.82. The zero-order chi connectivity index (χ0) is 14.1. The first-order valence-corrected chi connectivity index (χ1v) is 6.81. The Bertz CT molecular complexity index is 369. The molecule has 0 atom stereocenters. The summed E-state index contributed by atoms with van der Waals surface area (Å²) in [5.41, 5.74) is 0. The predicted octanol–water partition coefficient (Wildman–Crippen LogP) is 2.29. The molecule has 4 nitrogen and oxygen atoms in total. The molecule has 114 valence electrons. The molecular formula is C15H25ClN2O2. The first-order chi connectivity index (χ1) is 9.17. The lowest BCUT2D eigenvalue weighted by Crippen LogP contribution is -2.39. The lowest BCUT2D eigenvalue weighted by atomic mass is 10.3. The second-order valence-corrected chi connectivity index (χ2v) is 4.44. The Kier molecular flexibility index (Phi) is 9.86. The van der Waals surface area contributed by atoms with Crippen LogP contribution >= 0.6 is 12.4 Å². The summed E-state index contributed by atoms with van der Waals surface area (Å²) in [4.78, 5) is 15.8. The van der Waals surface area contributed by atoms with E-state index >= 15 is 0 Å². The van der Waals surface area contributed by atoms with Crippen LogP contribution in [0.5, 0.6) is 5.75 Å². The normalized spacial score (nSPS) is 10.0. The van der Waals surface area contributed by atoms with E-state index in [9.17, 15) is 4.79 Å². The van der Waals surface area contributed by atoms with Crippen LogP contribution in [0.2, 0.25) is 0 Å². The Morgan fingerprint density at radius 2 is 1.75 bits per heavy atom. The molecule has 0 aromatic heterocycles. The fraction of sp³-hybridized carbons (Fsp3) is 0.533. The van der Waals surface area contributed by atoms with Gasteiger partial charge in [-0.1, -0.05) is 32.0 Å². The van der Waals surface area contributed by atoms with Crippen molar-refractivity contribution < 1.29 is 9.53 Å². The average molecular weight is 301 g/mol. The molecule has 0 unspecified atom stereocenters. The number of carbonyl (C=O) groups is 1. The topological polar surface area (TPSA) is 32.8 Å². The summed E-state index contributed by atoms with van der Waals surface area (Å²) < 4.78 is 5.58.